The second kappa shape index (κ2) is 6.93. The highest BCUT2D eigenvalue weighted by molar-refractivity contribution is 6.05. The van der Waals surface area contributed by atoms with Gasteiger partial charge in [0.25, 0.3) is 5.91 Å². The first-order valence-corrected chi connectivity index (χ1v) is 8.17. The van der Waals surface area contributed by atoms with Crippen molar-refractivity contribution < 1.29 is 15.0 Å². The number of hydrogen-bond acceptors (Lipinski definition) is 4. The average Bonchev–Trinajstić information content (AvgIpc) is 2.60. The van der Waals surface area contributed by atoms with Gasteiger partial charge in [0, 0.05) is 24.3 Å². The molecule has 0 atom stereocenters. The number of amides is 1. The molecular weight excluding hydrogens is 304 g/mol. The first kappa shape index (κ1) is 16.3. The molecule has 2 aromatic carbocycles. The normalized spacial score (nSPS) is 15.3. The molecule has 1 heterocycles. The number of rotatable bonds is 3. The number of nitrogens with one attached hydrogen (secondary N) is 1. The van der Waals surface area contributed by atoms with E-state index in [2.05, 4.69) is 10.2 Å². The monoisotopic (exact) mass is 326 g/mol. The lowest BCUT2D eigenvalue weighted by Gasteiger charge is -2.31. The fraction of sp³-hybridized carbons (Fsp3) is 0.316. The van der Waals surface area contributed by atoms with E-state index < -0.39 is 0 Å². The van der Waals surface area contributed by atoms with Crippen LogP contribution in [-0.4, -0.2) is 35.3 Å². The molecular formula is C19H22N2O3. The van der Waals surface area contributed by atoms with E-state index in [4.69, 9.17) is 0 Å². The van der Waals surface area contributed by atoms with Crippen molar-refractivity contribution in [2.75, 3.05) is 23.3 Å². The van der Waals surface area contributed by atoms with Crippen molar-refractivity contribution in [1.82, 2.24) is 0 Å². The van der Waals surface area contributed by atoms with Crippen LogP contribution in [0.25, 0.3) is 0 Å². The van der Waals surface area contributed by atoms with E-state index in [-0.39, 0.29) is 17.8 Å². The minimum atomic E-state index is -0.253. The molecule has 126 valence electrons. The van der Waals surface area contributed by atoms with Gasteiger partial charge in [-0.3, -0.25) is 4.79 Å². The van der Waals surface area contributed by atoms with Crippen LogP contribution in [-0.2, 0) is 0 Å². The van der Waals surface area contributed by atoms with Gasteiger partial charge in [0.1, 0.15) is 5.75 Å². The summed E-state index contributed by atoms with van der Waals surface area (Å²) in [4.78, 5) is 14.5. The van der Waals surface area contributed by atoms with E-state index in [1.54, 1.807) is 37.3 Å². The molecule has 1 aliphatic heterocycles. The molecule has 5 heteroatoms. The van der Waals surface area contributed by atoms with Crippen LogP contribution >= 0.6 is 0 Å². The molecule has 24 heavy (non-hydrogen) atoms. The summed E-state index contributed by atoms with van der Waals surface area (Å²) < 4.78 is 0. The molecule has 1 fully saturated rings. The van der Waals surface area contributed by atoms with Crippen molar-refractivity contribution in [3.63, 3.8) is 0 Å². The fourth-order valence-corrected chi connectivity index (χ4v) is 2.90. The van der Waals surface area contributed by atoms with Gasteiger partial charge in [-0.05, 0) is 55.7 Å². The predicted octanol–water partition coefficient (Wildman–Crippen LogP) is 2.91. The molecule has 1 amide bonds. The van der Waals surface area contributed by atoms with Gasteiger partial charge < -0.3 is 20.4 Å². The van der Waals surface area contributed by atoms with Crippen LogP contribution in [0.15, 0.2) is 42.5 Å². The molecule has 0 aromatic heterocycles. The summed E-state index contributed by atoms with van der Waals surface area (Å²) in [6.45, 7) is 3.43. The maximum atomic E-state index is 12.3. The van der Waals surface area contributed by atoms with E-state index in [9.17, 15) is 15.0 Å². The van der Waals surface area contributed by atoms with Crippen LogP contribution in [0.2, 0.25) is 0 Å². The maximum Gasteiger partial charge on any atom is 0.255 e. The summed E-state index contributed by atoms with van der Waals surface area (Å²) in [7, 11) is 0. The van der Waals surface area contributed by atoms with Crippen LogP contribution in [0, 0.1) is 6.92 Å². The van der Waals surface area contributed by atoms with Gasteiger partial charge in [-0.15, -0.1) is 0 Å². The molecule has 2 aromatic rings. The van der Waals surface area contributed by atoms with Gasteiger partial charge >= 0.3 is 0 Å². The number of carbonyl (C=O) groups excluding carboxylic acids is 1. The molecule has 0 saturated carbocycles. The number of phenols is 1. The van der Waals surface area contributed by atoms with Crippen LogP contribution in [0.4, 0.5) is 11.4 Å². The molecule has 3 N–H and O–H groups in total. The zero-order valence-electron chi connectivity index (χ0n) is 13.7. The number of carbonyl (C=O) groups is 1. The predicted molar refractivity (Wildman–Crippen MR) is 94.7 cm³/mol. The van der Waals surface area contributed by atoms with Gasteiger partial charge in [0.15, 0.2) is 0 Å². The van der Waals surface area contributed by atoms with E-state index in [0.29, 0.717) is 11.3 Å². The maximum absolute atomic E-state index is 12.3. The van der Waals surface area contributed by atoms with Crippen molar-refractivity contribution >= 4 is 17.3 Å². The molecule has 1 saturated heterocycles. The lowest BCUT2D eigenvalue weighted by Crippen LogP contribution is -2.35. The van der Waals surface area contributed by atoms with Gasteiger partial charge in [-0.2, -0.15) is 0 Å². The number of phenolic OH excluding ortho intramolecular Hbond substituents is 1. The lowest BCUT2D eigenvalue weighted by molar-refractivity contribution is 0.102. The zero-order valence-corrected chi connectivity index (χ0v) is 13.7. The number of benzene rings is 2. The number of aryl methyl sites for hydroxylation is 1. The van der Waals surface area contributed by atoms with E-state index in [0.717, 1.165) is 37.2 Å². The Morgan fingerprint density at radius 1 is 1.12 bits per heavy atom. The van der Waals surface area contributed by atoms with Crippen molar-refractivity contribution in [3.8, 4) is 5.75 Å². The highest BCUT2D eigenvalue weighted by Gasteiger charge is 2.17. The Kier molecular flexibility index (Phi) is 4.71. The molecule has 0 radical (unpaired) electrons. The molecule has 0 bridgehead atoms. The summed E-state index contributed by atoms with van der Waals surface area (Å²) in [5, 5.41) is 22.3. The number of aliphatic hydroxyl groups excluding tert-OH is 1. The van der Waals surface area contributed by atoms with Crippen molar-refractivity contribution in [3.05, 3.63) is 53.6 Å². The van der Waals surface area contributed by atoms with Gasteiger partial charge in [0.05, 0.1) is 11.8 Å². The SMILES string of the molecule is Cc1cccc(NC(=O)c2ccc(N3CCC(O)CC3)cc2)c1O. The van der Waals surface area contributed by atoms with E-state index in [1.165, 1.54) is 0 Å². The summed E-state index contributed by atoms with van der Waals surface area (Å²) >= 11 is 0. The number of aromatic hydroxyl groups is 1. The summed E-state index contributed by atoms with van der Waals surface area (Å²) in [6.07, 6.45) is 1.34. The van der Waals surface area contributed by atoms with E-state index in [1.807, 2.05) is 12.1 Å². The third-order valence-corrected chi connectivity index (χ3v) is 4.45. The topological polar surface area (TPSA) is 72.8 Å². The Balaban J connectivity index is 1.69. The molecule has 3 rings (SSSR count). The fourth-order valence-electron chi connectivity index (χ4n) is 2.90. The number of aliphatic hydroxyl groups is 1. The number of anilines is 2. The Morgan fingerprint density at radius 3 is 2.46 bits per heavy atom. The first-order chi connectivity index (χ1) is 11.5. The molecule has 1 aliphatic rings. The Morgan fingerprint density at radius 2 is 1.79 bits per heavy atom. The minimum absolute atomic E-state index is 0.0920. The molecule has 0 unspecified atom stereocenters. The molecule has 0 aliphatic carbocycles. The van der Waals surface area contributed by atoms with Gasteiger partial charge in [-0.25, -0.2) is 0 Å². The van der Waals surface area contributed by atoms with Crippen LogP contribution in [0.5, 0.6) is 5.75 Å². The van der Waals surface area contributed by atoms with Gasteiger partial charge in [-0.1, -0.05) is 12.1 Å². The summed E-state index contributed by atoms with van der Waals surface area (Å²) in [5.41, 5.74) is 2.72. The minimum Gasteiger partial charge on any atom is -0.505 e. The average molecular weight is 326 g/mol. The first-order valence-electron chi connectivity index (χ1n) is 8.17. The number of hydrogen-bond donors (Lipinski definition) is 3. The Labute approximate surface area is 141 Å². The third kappa shape index (κ3) is 3.51. The summed E-state index contributed by atoms with van der Waals surface area (Å²) in [6, 6.07) is 12.7. The Bertz CT molecular complexity index is 720. The van der Waals surface area contributed by atoms with Crippen molar-refractivity contribution in [2.45, 2.75) is 25.9 Å². The number of piperidine rings is 1. The van der Waals surface area contributed by atoms with Crippen molar-refractivity contribution in [2.24, 2.45) is 0 Å². The molecule has 0 spiro atoms. The number of para-hydroxylation sites is 1. The molecule has 5 nitrogen and oxygen atoms in total. The van der Waals surface area contributed by atoms with Crippen molar-refractivity contribution in [1.29, 1.82) is 0 Å². The largest absolute Gasteiger partial charge is 0.505 e. The highest BCUT2D eigenvalue weighted by atomic mass is 16.3. The second-order valence-corrected chi connectivity index (χ2v) is 6.19. The van der Waals surface area contributed by atoms with Crippen LogP contribution in [0.1, 0.15) is 28.8 Å². The standard InChI is InChI=1S/C19H22N2O3/c1-13-3-2-4-17(18(13)23)20-19(24)14-5-7-15(8-6-14)21-11-9-16(22)10-12-21/h2-8,16,22-23H,9-12H2,1H3,(H,20,24). The summed E-state index contributed by atoms with van der Waals surface area (Å²) in [5.74, 6) is -0.161. The third-order valence-electron chi connectivity index (χ3n) is 4.45. The number of nitrogens with zero attached hydrogens (tertiary/aromatic N) is 1. The zero-order chi connectivity index (χ0) is 17.1. The highest BCUT2D eigenvalue weighted by Crippen LogP contribution is 2.27. The van der Waals surface area contributed by atoms with Gasteiger partial charge in [0.2, 0.25) is 0 Å². The second-order valence-electron chi connectivity index (χ2n) is 6.19. The van der Waals surface area contributed by atoms with Crippen LogP contribution in [0.3, 0.4) is 0 Å². The quantitative estimate of drug-likeness (QED) is 0.758. The van der Waals surface area contributed by atoms with E-state index >= 15 is 0 Å². The Hall–Kier alpha value is -2.53. The van der Waals surface area contributed by atoms with Crippen LogP contribution < -0.4 is 10.2 Å². The lowest BCUT2D eigenvalue weighted by atomic mass is 10.1. The smallest absolute Gasteiger partial charge is 0.255 e.